The molecule has 168 valence electrons. The second-order valence-electron chi connectivity index (χ2n) is 7.48. The number of hydrogen-bond acceptors (Lipinski definition) is 6. The van der Waals surface area contributed by atoms with E-state index < -0.39 is 23.1 Å². The van der Waals surface area contributed by atoms with Gasteiger partial charge in [0.25, 0.3) is 0 Å². The minimum atomic E-state index is -4.62. The van der Waals surface area contributed by atoms with Gasteiger partial charge in [0.05, 0.1) is 6.04 Å². The average molecular weight is 455 g/mol. The third-order valence-electron chi connectivity index (χ3n) is 4.62. The molecule has 0 saturated carbocycles. The van der Waals surface area contributed by atoms with Gasteiger partial charge >= 0.3 is 6.18 Å². The maximum Gasteiger partial charge on any atom is 0.445 e. The zero-order valence-corrected chi connectivity index (χ0v) is 18.0. The SMILES string of the molecule is CC(C)[C@H](N)C(=O)C[C@H](/C=C/C(=O)Nc1nnc(C(F)(F)F)s1)CCc1ccccc1. The van der Waals surface area contributed by atoms with E-state index in [-0.39, 0.29) is 40.5 Å². The highest BCUT2D eigenvalue weighted by Gasteiger charge is 2.35. The largest absolute Gasteiger partial charge is 0.445 e. The zero-order chi connectivity index (χ0) is 23.0. The van der Waals surface area contributed by atoms with E-state index in [2.05, 4.69) is 15.5 Å². The van der Waals surface area contributed by atoms with Gasteiger partial charge < -0.3 is 5.73 Å². The molecule has 31 heavy (non-hydrogen) atoms. The summed E-state index contributed by atoms with van der Waals surface area (Å²) in [5, 5.41) is 7.23. The van der Waals surface area contributed by atoms with Gasteiger partial charge in [-0.05, 0) is 36.3 Å². The third kappa shape index (κ3) is 8.22. The molecule has 0 aliphatic heterocycles. The number of rotatable bonds is 10. The number of nitrogens with one attached hydrogen (secondary N) is 1. The molecule has 1 aromatic carbocycles. The van der Waals surface area contributed by atoms with Crippen LogP contribution >= 0.6 is 11.3 Å². The number of nitrogens with zero attached hydrogens (tertiary/aromatic N) is 2. The lowest BCUT2D eigenvalue weighted by Gasteiger charge is -2.18. The molecule has 1 amide bonds. The number of carbonyl (C=O) groups excluding carboxylic acids is 2. The van der Waals surface area contributed by atoms with Crippen LogP contribution in [0.4, 0.5) is 18.3 Å². The van der Waals surface area contributed by atoms with Crippen molar-refractivity contribution in [1.29, 1.82) is 0 Å². The Morgan fingerprint density at radius 2 is 1.87 bits per heavy atom. The molecule has 0 fully saturated rings. The molecule has 10 heteroatoms. The maximum atomic E-state index is 12.6. The number of benzene rings is 1. The van der Waals surface area contributed by atoms with Gasteiger partial charge in [0.2, 0.25) is 16.0 Å². The van der Waals surface area contributed by atoms with Crippen LogP contribution < -0.4 is 11.1 Å². The summed E-state index contributed by atoms with van der Waals surface area (Å²) < 4.78 is 37.8. The van der Waals surface area contributed by atoms with E-state index in [1.807, 2.05) is 44.2 Å². The number of amides is 1. The Balaban J connectivity index is 2.03. The predicted octanol–water partition coefficient (Wildman–Crippen LogP) is 4.24. The van der Waals surface area contributed by atoms with E-state index in [0.717, 1.165) is 5.56 Å². The standard InChI is InChI=1S/C21H25F3N4O2S/c1-13(2)18(25)16(29)12-15(9-8-14-6-4-3-5-7-14)10-11-17(30)26-20-28-27-19(31-20)21(22,23)24/h3-7,10-11,13,15,18H,8-9,12,25H2,1-2H3,(H,26,28,30)/b11-10+/t15-,18-/m0/s1. The summed E-state index contributed by atoms with van der Waals surface area (Å²) in [6, 6.07) is 9.11. The first-order valence-electron chi connectivity index (χ1n) is 9.78. The summed E-state index contributed by atoms with van der Waals surface area (Å²) >= 11 is 0.244. The molecule has 2 aromatic rings. The molecule has 1 aromatic heterocycles. The molecule has 0 aliphatic rings. The van der Waals surface area contributed by atoms with Crippen LogP contribution in [0, 0.1) is 11.8 Å². The minimum Gasteiger partial charge on any atom is -0.321 e. The van der Waals surface area contributed by atoms with Crippen molar-refractivity contribution >= 4 is 28.2 Å². The van der Waals surface area contributed by atoms with Gasteiger partial charge in [0.15, 0.2) is 0 Å². The Kier molecular flexibility index (Phi) is 8.88. The molecular weight excluding hydrogens is 429 g/mol. The number of alkyl halides is 3. The Labute approximate surface area is 182 Å². The molecule has 0 aliphatic carbocycles. The van der Waals surface area contributed by atoms with Crippen molar-refractivity contribution in [3.63, 3.8) is 0 Å². The number of hydrogen-bond donors (Lipinski definition) is 2. The van der Waals surface area contributed by atoms with E-state index in [9.17, 15) is 22.8 Å². The fourth-order valence-corrected chi connectivity index (χ4v) is 3.40. The third-order valence-corrected chi connectivity index (χ3v) is 5.50. The van der Waals surface area contributed by atoms with Crippen LogP contribution in [-0.2, 0) is 22.2 Å². The molecule has 0 bridgehead atoms. The zero-order valence-electron chi connectivity index (χ0n) is 17.2. The van der Waals surface area contributed by atoms with Crippen molar-refractivity contribution < 1.29 is 22.8 Å². The first-order valence-corrected chi connectivity index (χ1v) is 10.6. The van der Waals surface area contributed by atoms with Gasteiger partial charge in [0.1, 0.15) is 5.78 Å². The monoisotopic (exact) mass is 454 g/mol. The van der Waals surface area contributed by atoms with Gasteiger partial charge in [-0.25, -0.2) is 0 Å². The summed E-state index contributed by atoms with van der Waals surface area (Å²) in [7, 11) is 0. The first-order chi connectivity index (χ1) is 14.6. The average Bonchev–Trinajstić information content (AvgIpc) is 3.19. The molecule has 0 unspecified atom stereocenters. The van der Waals surface area contributed by atoms with E-state index in [0.29, 0.717) is 12.8 Å². The second-order valence-corrected chi connectivity index (χ2v) is 8.46. The Bertz CT molecular complexity index is 898. The lowest BCUT2D eigenvalue weighted by Crippen LogP contribution is -2.36. The molecule has 0 radical (unpaired) electrons. The lowest BCUT2D eigenvalue weighted by atomic mass is 9.89. The molecule has 2 rings (SSSR count). The number of nitrogens with two attached hydrogens (primary N) is 1. The molecule has 6 nitrogen and oxygen atoms in total. The Morgan fingerprint density at radius 3 is 2.45 bits per heavy atom. The number of Topliss-reactive ketones (excluding diaryl/α,β-unsaturated/α-hetero) is 1. The van der Waals surface area contributed by atoms with Crippen LogP contribution in [0.5, 0.6) is 0 Å². The number of halogens is 3. The number of carbonyl (C=O) groups is 2. The molecule has 1 heterocycles. The Hall–Kier alpha value is -2.59. The van der Waals surface area contributed by atoms with Gasteiger partial charge in [-0.15, -0.1) is 10.2 Å². The van der Waals surface area contributed by atoms with Gasteiger partial charge in [-0.1, -0.05) is 61.6 Å². The topological polar surface area (TPSA) is 98.0 Å². The van der Waals surface area contributed by atoms with Crippen LogP contribution in [0.15, 0.2) is 42.5 Å². The summed E-state index contributed by atoms with van der Waals surface area (Å²) in [5.74, 6) is -0.995. The first kappa shape index (κ1) is 24.7. The van der Waals surface area contributed by atoms with Crippen LogP contribution in [-0.4, -0.2) is 27.9 Å². The number of ketones is 1. The number of allylic oxidation sites excluding steroid dienone is 1. The van der Waals surface area contributed by atoms with E-state index in [1.165, 1.54) is 6.08 Å². The molecule has 3 N–H and O–H groups in total. The summed E-state index contributed by atoms with van der Waals surface area (Å²) in [5.41, 5.74) is 7.05. The smallest absolute Gasteiger partial charge is 0.321 e. The Morgan fingerprint density at radius 1 is 1.19 bits per heavy atom. The van der Waals surface area contributed by atoms with Crippen molar-refractivity contribution in [3.05, 3.63) is 53.1 Å². The fraction of sp³-hybridized carbons (Fsp3) is 0.429. The summed E-state index contributed by atoms with van der Waals surface area (Å²) in [6.07, 6.45) is -0.330. The predicted molar refractivity (Wildman–Crippen MR) is 113 cm³/mol. The van der Waals surface area contributed by atoms with Crippen molar-refractivity contribution in [3.8, 4) is 0 Å². The number of aromatic nitrogens is 2. The number of aryl methyl sites for hydroxylation is 1. The molecular formula is C21H25F3N4O2S. The van der Waals surface area contributed by atoms with Crippen molar-refractivity contribution in [2.45, 2.75) is 45.3 Å². The van der Waals surface area contributed by atoms with E-state index in [4.69, 9.17) is 5.73 Å². The highest BCUT2D eigenvalue weighted by Crippen LogP contribution is 2.33. The van der Waals surface area contributed by atoms with Gasteiger partial charge in [-0.2, -0.15) is 13.2 Å². The van der Waals surface area contributed by atoms with Gasteiger partial charge in [0, 0.05) is 6.42 Å². The number of anilines is 1. The highest BCUT2D eigenvalue weighted by molar-refractivity contribution is 7.15. The molecule has 0 spiro atoms. The van der Waals surface area contributed by atoms with Gasteiger partial charge in [-0.3, -0.25) is 14.9 Å². The normalized spacial score (nSPS) is 14.0. The fourth-order valence-electron chi connectivity index (χ4n) is 2.79. The van der Waals surface area contributed by atoms with Crippen LogP contribution in [0.3, 0.4) is 0 Å². The van der Waals surface area contributed by atoms with Crippen LogP contribution in [0.2, 0.25) is 0 Å². The molecule has 2 atom stereocenters. The minimum absolute atomic E-state index is 0.00483. The molecule has 0 saturated heterocycles. The van der Waals surface area contributed by atoms with Crippen molar-refractivity contribution in [2.24, 2.45) is 17.6 Å². The maximum absolute atomic E-state index is 12.6. The van der Waals surface area contributed by atoms with E-state index >= 15 is 0 Å². The highest BCUT2D eigenvalue weighted by atomic mass is 32.1. The van der Waals surface area contributed by atoms with Crippen molar-refractivity contribution in [1.82, 2.24) is 10.2 Å². The quantitative estimate of drug-likeness (QED) is 0.523. The lowest BCUT2D eigenvalue weighted by molar-refractivity contribution is -0.138. The van der Waals surface area contributed by atoms with Crippen LogP contribution in [0.25, 0.3) is 0 Å². The van der Waals surface area contributed by atoms with Crippen LogP contribution in [0.1, 0.15) is 37.3 Å². The summed E-state index contributed by atoms with van der Waals surface area (Å²) in [6.45, 7) is 3.73. The van der Waals surface area contributed by atoms with E-state index in [1.54, 1.807) is 6.08 Å². The second kappa shape index (κ2) is 11.1. The summed E-state index contributed by atoms with van der Waals surface area (Å²) in [4.78, 5) is 24.6. The van der Waals surface area contributed by atoms with Crippen molar-refractivity contribution in [2.75, 3.05) is 5.32 Å².